The molecule has 0 spiro atoms. The maximum atomic E-state index is 12.3. The number of nitro groups is 2. The first-order valence-electron chi connectivity index (χ1n) is 9.73. The molecule has 34 heavy (non-hydrogen) atoms. The molecule has 0 saturated carbocycles. The first kappa shape index (κ1) is 22.6. The number of cyclic esters (lactones) is 1. The van der Waals surface area contributed by atoms with E-state index < -0.39 is 15.8 Å². The molecule has 0 fully saturated rings. The lowest BCUT2D eigenvalue weighted by Gasteiger charge is -2.07. The average Bonchev–Trinajstić information content (AvgIpc) is 3.18. The van der Waals surface area contributed by atoms with Crippen molar-refractivity contribution in [3.05, 3.63) is 114 Å². The van der Waals surface area contributed by atoms with Gasteiger partial charge < -0.3 is 9.47 Å². The maximum absolute atomic E-state index is 12.3. The van der Waals surface area contributed by atoms with E-state index in [-0.39, 0.29) is 40.2 Å². The number of nitrogens with zero attached hydrogens (tertiary/aromatic N) is 3. The van der Waals surface area contributed by atoms with Crippen LogP contribution in [0.5, 0.6) is 5.75 Å². The Bertz CT molecular complexity index is 1380. The molecule has 0 aliphatic carbocycles. The van der Waals surface area contributed by atoms with Gasteiger partial charge in [-0.15, -0.1) is 0 Å². The van der Waals surface area contributed by atoms with Crippen molar-refractivity contribution < 1.29 is 24.1 Å². The van der Waals surface area contributed by atoms with Crippen LogP contribution in [0.2, 0.25) is 5.02 Å². The monoisotopic (exact) mass is 479 g/mol. The van der Waals surface area contributed by atoms with Crippen molar-refractivity contribution in [2.45, 2.75) is 6.61 Å². The van der Waals surface area contributed by atoms with E-state index in [1.165, 1.54) is 36.4 Å². The van der Waals surface area contributed by atoms with Crippen molar-refractivity contribution in [1.29, 1.82) is 0 Å². The van der Waals surface area contributed by atoms with E-state index in [1.807, 2.05) is 0 Å². The highest BCUT2D eigenvalue weighted by Gasteiger charge is 2.26. The first-order chi connectivity index (χ1) is 16.3. The second kappa shape index (κ2) is 9.51. The fourth-order valence-electron chi connectivity index (χ4n) is 3.10. The molecule has 3 aromatic rings. The Labute approximate surface area is 197 Å². The van der Waals surface area contributed by atoms with Crippen LogP contribution in [-0.4, -0.2) is 21.7 Å². The van der Waals surface area contributed by atoms with Crippen molar-refractivity contribution in [1.82, 2.24) is 0 Å². The molecule has 1 heterocycles. The van der Waals surface area contributed by atoms with Crippen LogP contribution >= 0.6 is 11.6 Å². The fraction of sp³-hybridized carbons (Fsp3) is 0.0435. The van der Waals surface area contributed by atoms with Gasteiger partial charge in [0.2, 0.25) is 5.90 Å². The summed E-state index contributed by atoms with van der Waals surface area (Å²) in [6.07, 6.45) is 1.49. The normalized spacial score (nSPS) is 14.0. The number of rotatable bonds is 7. The summed E-state index contributed by atoms with van der Waals surface area (Å²) >= 11 is 5.82. The van der Waals surface area contributed by atoms with Crippen molar-refractivity contribution in [3.8, 4) is 5.75 Å². The number of carbonyl (C=O) groups is 1. The van der Waals surface area contributed by atoms with Gasteiger partial charge in [0.05, 0.1) is 9.85 Å². The van der Waals surface area contributed by atoms with Gasteiger partial charge in [0.1, 0.15) is 17.4 Å². The molecule has 0 radical (unpaired) electrons. The molecule has 3 aromatic carbocycles. The van der Waals surface area contributed by atoms with Crippen LogP contribution in [0.4, 0.5) is 11.4 Å². The first-order valence-corrected chi connectivity index (χ1v) is 10.1. The van der Waals surface area contributed by atoms with Crippen LogP contribution < -0.4 is 4.74 Å². The molecule has 1 aliphatic heterocycles. The van der Waals surface area contributed by atoms with Crippen molar-refractivity contribution in [3.63, 3.8) is 0 Å². The van der Waals surface area contributed by atoms with Crippen molar-refractivity contribution in [2.75, 3.05) is 0 Å². The van der Waals surface area contributed by atoms with E-state index in [0.717, 1.165) is 0 Å². The van der Waals surface area contributed by atoms with Gasteiger partial charge in [0.15, 0.2) is 5.70 Å². The molecule has 0 N–H and O–H groups in total. The Morgan fingerprint density at radius 1 is 1.00 bits per heavy atom. The number of benzene rings is 3. The van der Waals surface area contributed by atoms with Gasteiger partial charge >= 0.3 is 5.97 Å². The number of ether oxygens (including phenoxy) is 2. The van der Waals surface area contributed by atoms with Gasteiger partial charge in [-0.1, -0.05) is 35.9 Å². The maximum Gasteiger partial charge on any atom is 0.363 e. The third-order valence-corrected chi connectivity index (χ3v) is 5.02. The highest BCUT2D eigenvalue weighted by molar-refractivity contribution is 6.32. The van der Waals surface area contributed by atoms with Crippen LogP contribution in [-0.2, 0) is 16.1 Å². The number of nitro benzene ring substituents is 2. The predicted molar refractivity (Wildman–Crippen MR) is 123 cm³/mol. The van der Waals surface area contributed by atoms with E-state index in [0.29, 0.717) is 16.9 Å². The molecule has 4 rings (SSSR count). The standard InChI is InChI=1S/C23H14ClN3O7/c24-19-8-7-16(12-21(19)27(31)32)22-25-20(23(28)34-22)11-14-3-2-6-18(10-14)33-13-15-4-1-5-17(9-15)26(29)30/h1-12H,13H2/b20-11-. The molecule has 0 unspecified atom stereocenters. The van der Waals surface area contributed by atoms with Crippen LogP contribution in [0.15, 0.2) is 77.4 Å². The second-order valence-electron chi connectivity index (χ2n) is 7.05. The lowest BCUT2D eigenvalue weighted by Crippen LogP contribution is -2.06. The fourth-order valence-corrected chi connectivity index (χ4v) is 3.28. The molecule has 10 nitrogen and oxygen atoms in total. The second-order valence-corrected chi connectivity index (χ2v) is 7.45. The van der Waals surface area contributed by atoms with Crippen molar-refractivity contribution >= 4 is 40.9 Å². The largest absolute Gasteiger partial charge is 0.489 e. The van der Waals surface area contributed by atoms with Crippen LogP contribution in [0, 0.1) is 20.2 Å². The molecule has 11 heteroatoms. The zero-order valence-corrected chi connectivity index (χ0v) is 18.0. The highest BCUT2D eigenvalue weighted by Crippen LogP contribution is 2.28. The van der Waals surface area contributed by atoms with Gasteiger partial charge in [0.25, 0.3) is 11.4 Å². The van der Waals surface area contributed by atoms with Gasteiger partial charge in [-0.3, -0.25) is 20.2 Å². The zero-order valence-electron chi connectivity index (χ0n) is 17.2. The van der Waals surface area contributed by atoms with Gasteiger partial charge in [-0.25, -0.2) is 9.79 Å². The summed E-state index contributed by atoms with van der Waals surface area (Å²) in [4.78, 5) is 37.3. The van der Waals surface area contributed by atoms with Gasteiger partial charge in [0, 0.05) is 23.8 Å². The van der Waals surface area contributed by atoms with Gasteiger partial charge in [-0.2, -0.15) is 0 Å². The molecule has 170 valence electrons. The SMILES string of the molecule is O=C1OC(c2ccc(Cl)c([N+](=O)[O-])c2)=N/C1=C\c1cccc(OCc2cccc([N+](=O)[O-])c2)c1. The molecular formula is C23H14ClN3O7. The third-order valence-electron chi connectivity index (χ3n) is 4.70. The zero-order chi connectivity index (χ0) is 24.2. The highest BCUT2D eigenvalue weighted by atomic mass is 35.5. The molecule has 0 aromatic heterocycles. The summed E-state index contributed by atoms with van der Waals surface area (Å²) in [5.74, 6) is -0.311. The number of hydrogen-bond donors (Lipinski definition) is 0. The number of hydrogen-bond acceptors (Lipinski definition) is 8. The Morgan fingerprint density at radius 3 is 2.56 bits per heavy atom. The van der Waals surface area contributed by atoms with Crippen LogP contribution in [0.3, 0.4) is 0 Å². The van der Waals surface area contributed by atoms with Gasteiger partial charge in [-0.05, 0) is 41.5 Å². The molecule has 0 bridgehead atoms. The van der Waals surface area contributed by atoms with Crippen LogP contribution in [0.25, 0.3) is 6.08 Å². The topological polar surface area (TPSA) is 134 Å². The molecule has 0 saturated heterocycles. The van der Waals surface area contributed by atoms with E-state index in [2.05, 4.69) is 4.99 Å². The molecule has 1 aliphatic rings. The van der Waals surface area contributed by atoms with E-state index in [1.54, 1.807) is 36.4 Å². The van der Waals surface area contributed by atoms with Crippen LogP contribution in [0.1, 0.15) is 16.7 Å². The minimum atomic E-state index is -0.712. The summed E-state index contributed by atoms with van der Waals surface area (Å²) in [5, 5.41) is 22.0. The lowest BCUT2D eigenvalue weighted by atomic mass is 10.2. The number of halogens is 1. The smallest absolute Gasteiger partial charge is 0.363 e. The Balaban J connectivity index is 1.52. The summed E-state index contributed by atoms with van der Waals surface area (Å²) in [7, 11) is 0. The Morgan fingerprint density at radius 2 is 1.79 bits per heavy atom. The van der Waals surface area contributed by atoms with Crippen molar-refractivity contribution in [2.24, 2.45) is 4.99 Å². The summed E-state index contributed by atoms with van der Waals surface area (Å²) in [6.45, 7) is 0.112. The number of carbonyl (C=O) groups excluding carboxylic acids is 1. The minimum Gasteiger partial charge on any atom is -0.489 e. The lowest BCUT2D eigenvalue weighted by molar-refractivity contribution is -0.385. The summed E-state index contributed by atoms with van der Waals surface area (Å²) < 4.78 is 10.9. The number of non-ortho nitro benzene ring substituents is 1. The summed E-state index contributed by atoms with van der Waals surface area (Å²) in [5.41, 5.74) is 1.10. The third kappa shape index (κ3) is 5.08. The number of aliphatic imine (C=N–C) groups is 1. The number of esters is 1. The quantitative estimate of drug-likeness (QED) is 0.199. The molecule has 0 amide bonds. The van der Waals surface area contributed by atoms with E-state index in [9.17, 15) is 25.0 Å². The average molecular weight is 480 g/mol. The summed E-state index contributed by atoms with van der Waals surface area (Å²) in [6, 6.07) is 16.9. The molecular weight excluding hydrogens is 466 g/mol. The molecule has 0 atom stereocenters. The minimum absolute atomic E-state index is 0.00318. The Hall–Kier alpha value is -4.57. The van der Waals surface area contributed by atoms with E-state index >= 15 is 0 Å². The Kier molecular flexibility index (Phi) is 6.33. The van der Waals surface area contributed by atoms with E-state index in [4.69, 9.17) is 21.1 Å². The predicted octanol–water partition coefficient (Wildman–Crippen LogP) is 5.08.